The number of hydrogen-bond donors (Lipinski definition) is 0. The van der Waals surface area contributed by atoms with Crippen molar-refractivity contribution < 1.29 is 0 Å². The van der Waals surface area contributed by atoms with E-state index in [9.17, 15) is 0 Å². The Morgan fingerprint density at radius 3 is 2.27 bits per heavy atom. The van der Waals surface area contributed by atoms with Crippen LogP contribution in [0.5, 0.6) is 0 Å². The Morgan fingerprint density at radius 2 is 1.82 bits per heavy atom. The normalized spacial score (nSPS) is 16.7. The molecule has 0 atom stereocenters. The van der Waals surface area contributed by atoms with Gasteiger partial charge in [-0.15, -0.1) is 0 Å². The van der Waals surface area contributed by atoms with E-state index >= 15 is 0 Å². The van der Waals surface area contributed by atoms with Gasteiger partial charge in [-0.2, -0.15) is 0 Å². The summed E-state index contributed by atoms with van der Waals surface area (Å²) in [6.45, 7) is 6.72. The second kappa shape index (κ2) is 4.08. The molecule has 0 aliphatic carbocycles. The predicted octanol–water partition coefficient (Wildman–Crippen LogP) is 1.35. The minimum atomic E-state index is 1.23. The van der Waals surface area contributed by atoms with Crippen LogP contribution in [0.25, 0.3) is 0 Å². The van der Waals surface area contributed by atoms with Gasteiger partial charge in [0, 0.05) is 0 Å². The van der Waals surface area contributed by atoms with E-state index in [2.05, 4.69) is 40.4 Å². The third-order valence-electron chi connectivity index (χ3n) is 1.83. The van der Waals surface area contributed by atoms with Crippen molar-refractivity contribution in [2.45, 2.75) is 26.7 Å². The molecule has 0 radical (unpaired) electrons. The van der Waals surface area contributed by atoms with E-state index in [0.717, 1.165) is 0 Å². The van der Waals surface area contributed by atoms with Crippen LogP contribution < -0.4 is 0 Å². The Labute approximate surface area is 76.8 Å². The summed E-state index contributed by atoms with van der Waals surface area (Å²) in [7, 11) is 0. The first-order chi connectivity index (χ1) is 5.20. The zero-order valence-electron chi connectivity index (χ0n) is 7.26. The SMILES string of the molecule is CC(C)=CC(=[Se])N1CCCC1. The Hall–Kier alpha value is -0.0705. The van der Waals surface area contributed by atoms with Gasteiger partial charge in [-0.3, -0.25) is 0 Å². The number of rotatable bonds is 2. The van der Waals surface area contributed by atoms with Crippen molar-refractivity contribution in [1.82, 2.24) is 4.90 Å². The maximum absolute atomic E-state index is 3.12. The Bertz CT molecular complexity index is 174. The molecule has 62 valence electrons. The van der Waals surface area contributed by atoms with Gasteiger partial charge in [0.05, 0.1) is 0 Å². The number of hydrogen-bond acceptors (Lipinski definition) is 1. The fraction of sp³-hybridized carbons (Fsp3) is 0.667. The summed E-state index contributed by atoms with van der Waals surface area (Å²) in [6, 6.07) is 0. The molecule has 1 heterocycles. The molecule has 0 aromatic heterocycles. The molecule has 0 spiro atoms. The average Bonchev–Trinajstić information content (AvgIpc) is 2.35. The summed E-state index contributed by atoms with van der Waals surface area (Å²) in [5.74, 6) is 0. The molecule has 1 aliphatic rings. The molecule has 2 heteroatoms. The summed E-state index contributed by atoms with van der Waals surface area (Å²) in [5.41, 5.74) is 1.37. The Kier molecular flexibility index (Phi) is 3.35. The van der Waals surface area contributed by atoms with Crippen LogP contribution in [0.15, 0.2) is 11.6 Å². The zero-order valence-corrected chi connectivity index (χ0v) is 8.97. The molecule has 0 aromatic rings. The van der Waals surface area contributed by atoms with Crippen molar-refractivity contribution >= 4 is 20.1 Å². The molecule has 1 nitrogen and oxygen atoms in total. The van der Waals surface area contributed by atoms with Crippen molar-refractivity contribution in [1.29, 1.82) is 0 Å². The quantitative estimate of drug-likeness (QED) is 0.630. The number of nitrogens with zero attached hydrogens (tertiary/aromatic N) is 1. The summed E-state index contributed by atoms with van der Waals surface area (Å²) < 4.78 is 1.31. The molecule has 0 unspecified atom stereocenters. The molecular formula is C9H15NSe. The van der Waals surface area contributed by atoms with Crippen molar-refractivity contribution in [3.63, 3.8) is 0 Å². The van der Waals surface area contributed by atoms with E-state index in [4.69, 9.17) is 0 Å². The standard InChI is InChI=1S/C9H15NSe/c1-8(2)7-9(11)10-5-3-4-6-10/h7H,3-6H2,1-2H3. The summed E-state index contributed by atoms with van der Waals surface area (Å²) in [6.07, 6.45) is 4.91. The van der Waals surface area contributed by atoms with Crippen LogP contribution in [0.2, 0.25) is 0 Å². The fourth-order valence-corrected chi connectivity index (χ4v) is 2.15. The average molecular weight is 216 g/mol. The first kappa shape index (κ1) is 9.02. The van der Waals surface area contributed by atoms with Crippen LogP contribution in [-0.4, -0.2) is 38.1 Å². The molecule has 0 bridgehead atoms. The van der Waals surface area contributed by atoms with Gasteiger partial charge in [-0.05, 0) is 0 Å². The van der Waals surface area contributed by atoms with E-state index in [1.165, 1.54) is 36.0 Å². The molecule has 0 aromatic carbocycles. The summed E-state index contributed by atoms with van der Waals surface area (Å²) in [5, 5.41) is 0. The first-order valence-electron chi connectivity index (χ1n) is 4.14. The second-order valence-electron chi connectivity index (χ2n) is 3.25. The number of allylic oxidation sites excluding steroid dienone is 1. The fourth-order valence-electron chi connectivity index (χ4n) is 1.28. The molecule has 1 rings (SSSR count). The Balaban J connectivity index is 2.47. The van der Waals surface area contributed by atoms with Crippen LogP contribution in [0.4, 0.5) is 0 Å². The van der Waals surface area contributed by atoms with Crippen molar-refractivity contribution in [2.24, 2.45) is 0 Å². The van der Waals surface area contributed by atoms with E-state index in [0.29, 0.717) is 0 Å². The topological polar surface area (TPSA) is 3.24 Å². The monoisotopic (exact) mass is 217 g/mol. The van der Waals surface area contributed by atoms with Gasteiger partial charge in [-0.25, -0.2) is 0 Å². The second-order valence-corrected chi connectivity index (χ2v) is 4.13. The van der Waals surface area contributed by atoms with Gasteiger partial charge in [0.15, 0.2) is 0 Å². The summed E-state index contributed by atoms with van der Waals surface area (Å²) >= 11 is 3.12. The summed E-state index contributed by atoms with van der Waals surface area (Å²) in [4.78, 5) is 2.41. The first-order valence-corrected chi connectivity index (χ1v) is 4.99. The predicted molar refractivity (Wildman–Crippen MR) is 51.0 cm³/mol. The van der Waals surface area contributed by atoms with E-state index < -0.39 is 0 Å². The molecule has 1 aliphatic heterocycles. The molecule has 1 fully saturated rings. The minimum absolute atomic E-state index is 1.23. The molecule has 0 amide bonds. The van der Waals surface area contributed by atoms with Gasteiger partial charge >= 0.3 is 76.4 Å². The van der Waals surface area contributed by atoms with Gasteiger partial charge in [0.2, 0.25) is 0 Å². The van der Waals surface area contributed by atoms with E-state index in [1.807, 2.05) is 0 Å². The Morgan fingerprint density at radius 1 is 1.27 bits per heavy atom. The third kappa shape index (κ3) is 2.80. The van der Waals surface area contributed by atoms with Gasteiger partial charge in [0.25, 0.3) is 0 Å². The van der Waals surface area contributed by atoms with Crippen LogP contribution in [-0.2, 0) is 0 Å². The molecule has 0 N–H and O–H groups in total. The zero-order chi connectivity index (χ0) is 8.27. The van der Waals surface area contributed by atoms with Crippen molar-refractivity contribution in [2.75, 3.05) is 13.1 Å². The molecular weight excluding hydrogens is 201 g/mol. The van der Waals surface area contributed by atoms with Gasteiger partial charge in [-0.1, -0.05) is 0 Å². The van der Waals surface area contributed by atoms with Crippen LogP contribution in [0.3, 0.4) is 0 Å². The van der Waals surface area contributed by atoms with E-state index in [-0.39, 0.29) is 0 Å². The van der Waals surface area contributed by atoms with Gasteiger partial charge < -0.3 is 0 Å². The van der Waals surface area contributed by atoms with E-state index in [1.54, 1.807) is 0 Å². The molecule has 11 heavy (non-hydrogen) atoms. The maximum atomic E-state index is 3.12. The van der Waals surface area contributed by atoms with Crippen molar-refractivity contribution in [3.8, 4) is 0 Å². The van der Waals surface area contributed by atoms with Crippen LogP contribution in [0, 0.1) is 0 Å². The van der Waals surface area contributed by atoms with Crippen LogP contribution >= 0.6 is 0 Å². The van der Waals surface area contributed by atoms with Crippen molar-refractivity contribution in [3.05, 3.63) is 11.6 Å². The van der Waals surface area contributed by atoms with Crippen LogP contribution in [0.1, 0.15) is 26.7 Å². The number of likely N-dealkylation sites (tertiary alicyclic amines) is 1. The molecule has 0 saturated carbocycles. The third-order valence-corrected chi connectivity index (χ3v) is 2.62. The van der Waals surface area contributed by atoms with Gasteiger partial charge in [0.1, 0.15) is 0 Å². The molecule has 1 saturated heterocycles.